The van der Waals surface area contributed by atoms with E-state index >= 15 is 4.79 Å². The summed E-state index contributed by atoms with van der Waals surface area (Å²) < 4.78 is 225. The molecule has 4 rings (SSSR count). The number of carbonyl (C=O) groups is 5. The molecule has 0 N–H and O–H groups in total. The lowest BCUT2D eigenvalue weighted by atomic mass is 9.70. The first kappa shape index (κ1) is 18.2. The molecule has 0 radical (unpaired) electrons. The molecule has 1 aliphatic heterocycles. The number of hydrogen-bond acceptors (Lipinski definition) is 7. The lowest BCUT2D eigenvalue weighted by molar-refractivity contribution is -0.148. The van der Waals surface area contributed by atoms with Crippen LogP contribution in [-0.2, 0) is 33.8 Å². The first-order valence-corrected chi connectivity index (χ1v) is 18.3. The Bertz CT molecular complexity index is 2290. The molecule has 8 nitrogen and oxygen atoms in total. The van der Waals surface area contributed by atoms with Gasteiger partial charge in [-0.25, -0.2) is 8.42 Å². The van der Waals surface area contributed by atoms with E-state index in [9.17, 15) is 29.0 Å². The molecule has 1 saturated heterocycles. The molecule has 49 heavy (non-hydrogen) atoms. The summed E-state index contributed by atoms with van der Waals surface area (Å²) in [5, 5.41) is 0. The number of nitrogens with zero attached hydrogens (tertiary/aromatic N) is 1. The highest BCUT2D eigenvalue weighted by molar-refractivity contribution is 7.92. The molecule has 278 valence electrons. The van der Waals surface area contributed by atoms with Crippen LogP contribution in [0.4, 0.5) is 0 Å². The van der Waals surface area contributed by atoms with Gasteiger partial charge in [-0.1, -0.05) is 73.3 Å². The Kier molecular flexibility index (Phi) is 5.44. The van der Waals surface area contributed by atoms with Crippen molar-refractivity contribution in [3.63, 3.8) is 0 Å². The van der Waals surface area contributed by atoms with E-state index in [4.69, 9.17) is 31.5 Å². The lowest BCUT2D eigenvalue weighted by Crippen LogP contribution is -2.51. The maximum atomic E-state index is 15.3. The predicted molar refractivity (Wildman–Crippen MR) is 192 cm³/mol. The second kappa shape index (κ2) is 14.6. The number of fused-ring (bicyclic) bond motifs is 1. The topological polar surface area (TPSA) is 123 Å². The first-order chi connectivity index (χ1) is 32.0. The van der Waals surface area contributed by atoms with Crippen molar-refractivity contribution in [3.8, 4) is 0 Å². The van der Waals surface area contributed by atoms with Crippen LogP contribution in [0, 0.1) is 45.8 Å². The van der Waals surface area contributed by atoms with Crippen LogP contribution in [0.15, 0.2) is 0 Å². The Balaban J connectivity index is 1.91. The SMILES string of the molecule is [2H]C([2H])([2H])CC([2H])([2H])C[C@]([2H])(CC(=O)C1[C@@H]2[C@H](CN1C(=O)[C@@H](CC(=O)CC1(CS(=O)(=O)C(C)(C([2H])([2H])[2H])C([2H])([2H])[2H])CCC([2H])([2H])C([2H])([2H])C1([2H])[2H])C(C)(C([2H])([2H])[2H])C([2H])([2H])[2H])C2(C)C)C(=O)C(=O)CC1CC1. The lowest BCUT2D eigenvalue weighted by Gasteiger charge is -2.40. The van der Waals surface area contributed by atoms with Gasteiger partial charge in [0.25, 0.3) is 0 Å². The molecule has 0 aromatic heterocycles. The van der Waals surface area contributed by atoms with Gasteiger partial charge in [0.2, 0.25) is 11.7 Å². The van der Waals surface area contributed by atoms with Crippen LogP contribution in [0.3, 0.4) is 0 Å². The maximum absolute atomic E-state index is 15.3. The summed E-state index contributed by atoms with van der Waals surface area (Å²) >= 11 is 0. The van der Waals surface area contributed by atoms with Gasteiger partial charge in [-0.15, -0.1) is 0 Å². The molecule has 2 unspecified atom stereocenters. The first-order valence-electron chi connectivity index (χ1n) is 28.6. The van der Waals surface area contributed by atoms with E-state index in [1.807, 2.05) is 0 Å². The number of amides is 1. The largest absolute Gasteiger partial charge is 0.332 e. The molecule has 0 spiro atoms. The summed E-state index contributed by atoms with van der Waals surface area (Å²) in [6.07, 6.45) is -22.0. The van der Waals surface area contributed by atoms with Crippen LogP contribution in [0.5, 0.6) is 0 Å². The predicted octanol–water partition coefficient (Wildman–Crippen LogP) is 7.35. The highest BCUT2D eigenvalue weighted by atomic mass is 32.2. The Morgan fingerprint density at radius 1 is 1.06 bits per heavy atom. The zero-order chi connectivity index (χ0) is 57.3. The minimum absolute atomic E-state index is 0.234. The van der Waals surface area contributed by atoms with Crippen molar-refractivity contribution in [1.29, 1.82) is 0 Å². The second-order valence-corrected chi connectivity index (χ2v) is 17.6. The molecule has 4 aliphatic rings. The van der Waals surface area contributed by atoms with Crippen LogP contribution in [0.25, 0.3) is 0 Å². The number of Topliss-reactive ketones (excluding diaryl/α,β-unsaturated/α-hetero) is 4. The number of rotatable bonds is 17. The molecule has 9 heteroatoms. The zero-order valence-electron chi connectivity index (χ0n) is 52.6. The third-order valence-corrected chi connectivity index (χ3v) is 12.8. The number of piperidine rings is 1. The van der Waals surface area contributed by atoms with Crippen molar-refractivity contribution in [1.82, 2.24) is 4.90 Å². The molecule has 0 aromatic carbocycles. The highest BCUT2D eigenvalue weighted by Gasteiger charge is 2.69. The summed E-state index contributed by atoms with van der Waals surface area (Å²) in [7, 11) is -5.82. The molecule has 4 fully saturated rings. The van der Waals surface area contributed by atoms with Crippen molar-refractivity contribution in [3.05, 3.63) is 0 Å². The van der Waals surface area contributed by atoms with Crippen molar-refractivity contribution in [2.45, 2.75) is 162 Å². The van der Waals surface area contributed by atoms with Crippen LogP contribution in [0.2, 0.25) is 0 Å². The van der Waals surface area contributed by atoms with Crippen molar-refractivity contribution in [2.75, 3.05) is 12.3 Å². The van der Waals surface area contributed by atoms with Gasteiger partial charge >= 0.3 is 0 Å². The number of hydrogen-bond donors (Lipinski definition) is 0. The van der Waals surface area contributed by atoms with E-state index in [0.29, 0.717) is 26.7 Å². The van der Waals surface area contributed by atoms with Crippen molar-refractivity contribution >= 4 is 38.9 Å². The van der Waals surface area contributed by atoms with Crippen LogP contribution < -0.4 is 0 Å². The van der Waals surface area contributed by atoms with Gasteiger partial charge in [0.15, 0.2) is 21.4 Å². The Morgan fingerprint density at radius 2 is 1.78 bits per heavy atom. The number of carbonyl (C=O) groups excluding carboxylic acids is 5. The molecule has 1 amide bonds. The normalized spacial score (nSPS) is 40.6. The molecule has 0 bridgehead atoms. The third kappa shape index (κ3) is 9.13. The minimum atomic E-state index is -5.82. The minimum Gasteiger partial charge on any atom is -0.332 e. The van der Waals surface area contributed by atoms with Crippen molar-refractivity contribution < 1.29 is 65.3 Å². The van der Waals surface area contributed by atoms with E-state index in [2.05, 4.69) is 0 Å². The quantitative estimate of drug-likeness (QED) is 0.144. The smallest absolute Gasteiger partial charge is 0.227 e. The van der Waals surface area contributed by atoms with Gasteiger partial charge in [-0.3, -0.25) is 24.0 Å². The summed E-state index contributed by atoms with van der Waals surface area (Å²) in [4.78, 5) is 72.8. The molecular formula is C40H65NO7S. The number of ketones is 4. The standard InChI is InChI=1S/C40H65NO7S/c1-10-11-15-27(35(45)32(44)20-26-16-17-26)21-31(43)34-33-30(39(33,8)9)24-41(34)36(46)29(37(2,3)4)22-28(42)23-40(18-13-12-14-19-40)25-49(47,48)38(5,6)7/h26-27,29-30,33-34H,10-25H2,1-9H3/t27-,29-,30+,33+,34?/m1/s1/i1D3,2D3,3D3,5D3,6D3,11D2,12D2,13D2,18D2,27D/t27-,29-,30+,33+,34?,40?. The molecule has 3 aliphatic carbocycles. The Morgan fingerprint density at radius 3 is 2.41 bits per heavy atom. The van der Waals surface area contributed by atoms with Crippen LogP contribution in [0.1, 0.15) is 185 Å². The summed E-state index contributed by atoms with van der Waals surface area (Å²) in [5.74, 6) is -16.2. The number of likely N-dealkylation sites (tertiary alicyclic amines) is 1. The summed E-state index contributed by atoms with van der Waals surface area (Å²) in [6, 6.07) is -1.79. The van der Waals surface area contributed by atoms with Gasteiger partial charge in [0.05, 0.1) is 16.5 Å². The van der Waals surface area contributed by atoms with E-state index in [0.717, 1.165) is 4.90 Å². The maximum Gasteiger partial charge on any atom is 0.227 e. The van der Waals surface area contributed by atoms with Gasteiger partial charge in [0.1, 0.15) is 5.78 Å². The Labute approximate surface area is 330 Å². The zero-order valence-corrected chi connectivity index (χ0v) is 29.4. The molecule has 6 atom stereocenters. The molecular weight excluding hydrogens is 639 g/mol. The average Bonchev–Trinajstić information content (AvgIpc) is 4.01. The van der Waals surface area contributed by atoms with Crippen LogP contribution >= 0.6 is 0 Å². The molecule has 1 heterocycles. The Hall–Kier alpha value is -1.90. The molecule has 0 aromatic rings. The highest BCUT2D eigenvalue weighted by Crippen LogP contribution is 2.65. The van der Waals surface area contributed by atoms with Gasteiger partial charge in [-0.2, -0.15) is 0 Å². The van der Waals surface area contributed by atoms with Gasteiger partial charge in [0, 0.05) is 76.9 Å². The van der Waals surface area contributed by atoms with Gasteiger partial charge < -0.3 is 4.90 Å². The second-order valence-electron chi connectivity index (χ2n) is 15.3. The van der Waals surface area contributed by atoms with E-state index in [1.54, 1.807) is 13.8 Å². The average molecular weight is 728 g/mol. The van der Waals surface area contributed by atoms with E-state index in [1.165, 1.54) is 0 Å². The summed E-state index contributed by atoms with van der Waals surface area (Å²) in [6.45, 7) is -14.5. The van der Waals surface area contributed by atoms with Gasteiger partial charge in [-0.05, 0) is 86.7 Å². The fourth-order valence-corrected chi connectivity index (χ4v) is 8.66. The number of sulfone groups is 1. The van der Waals surface area contributed by atoms with E-state index in [-0.39, 0.29) is 12.3 Å². The fraction of sp³-hybridized carbons (Fsp3) is 0.875. The van der Waals surface area contributed by atoms with Crippen LogP contribution in [-0.4, -0.2) is 65.4 Å². The van der Waals surface area contributed by atoms with Crippen molar-refractivity contribution in [2.24, 2.45) is 45.8 Å². The summed E-state index contributed by atoms with van der Waals surface area (Å²) in [5.41, 5.74) is -7.25. The third-order valence-electron chi connectivity index (χ3n) is 10.6. The van der Waals surface area contributed by atoms with E-state index < -0.39 is 207 Å². The monoisotopic (exact) mass is 728 g/mol. The molecule has 3 saturated carbocycles. The fourth-order valence-electron chi connectivity index (χ4n) is 7.33.